The second kappa shape index (κ2) is 10.9. The largest absolute Gasteiger partial charge is 0.466 e. The predicted octanol–water partition coefficient (Wildman–Crippen LogP) is 1.26. The van der Waals surface area contributed by atoms with E-state index in [4.69, 9.17) is 4.74 Å². The number of hydrogen-bond acceptors (Lipinski definition) is 4. The molecule has 0 fully saturated rings. The van der Waals surface area contributed by atoms with Crippen molar-refractivity contribution < 1.29 is 9.53 Å². The first-order valence-corrected chi connectivity index (χ1v) is 6.33. The van der Waals surface area contributed by atoms with Gasteiger partial charge in [-0.05, 0) is 26.4 Å². The van der Waals surface area contributed by atoms with Crippen LogP contribution in [0.15, 0.2) is 0 Å². The van der Waals surface area contributed by atoms with Gasteiger partial charge in [-0.1, -0.05) is 13.8 Å². The lowest BCUT2D eigenvalue weighted by atomic mass is 10.4. The molecule has 16 heavy (non-hydrogen) atoms. The highest BCUT2D eigenvalue weighted by molar-refractivity contribution is 5.69. The molecule has 0 aromatic rings. The van der Waals surface area contributed by atoms with Crippen LogP contribution in [-0.2, 0) is 9.53 Å². The van der Waals surface area contributed by atoms with Crippen LogP contribution in [0.25, 0.3) is 0 Å². The molecule has 0 radical (unpaired) electrons. The molecule has 1 N–H and O–H groups in total. The topological polar surface area (TPSA) is 41.6 Å². The molecule has 0 spiro atoms. The van der Waals surface area contributed by atoms with E-state index in [2.05, 4.69) is 24.1 Å². The summed E-state index contributed by atoms with van der Waals surface area (Å²) in [6, 6.07) is 0. The van der Waals surface area contributed by atoms with Gasteiger partial charge in [-0.25, -0.2) is 0 Å². The molecular formula is C12H26N2O2. The molecule has 0 unspecified atom stereocenters. The van der Waals surface area contributed by atoms with Gasteiger partial charge in [0.05, 0.1) is 13.0 Å². The van der Waals surface area contributed by atoms with Crippen molar-refractivity contribution in [2.75, 3.05) is 39.3 Å². The second-order valence-electron chi connectivity index (χ2n) is 3.74. The van der Waals surface area contributed by atoms with Crippen LogP contribution in [0, 0.1) is 0 Å². The minimum absolute atomic E-state index is 0.115. The van der Waals surface area contributed by atoms with Gasteiger partial charge in [-0.3, -0.25) is 4.79 Å². The summed E-state index contributed by atoms with van der Waals surface area (Å²) in [6.07, 6.45) is 1.66. The molecule has 96 valence electrons. The maximum atomic E-state index is 11.0. The lowest BCUT2D eigenvalue weighted by molar-refractivity contribution is -0.142. The molecular weight excluding hydrogens is 204 g/mol. The second-order valence-corrected chi connectivity index (χ2v) is 3.74. The Morgan fingerprint density at radius 1 is 1.19 bits per heavy atom. The van der Waals surface area contributed by atoms with Crippen LogP contribution < -0.4 is 5.32 Å². The van der Waals surface area contributed by atoms with E-state index in [0.29, 0.717) is 19.6 Å². The zero-order valence-corrected chi connectivity index (χ0v) is 10.9. The Kier molecular flexibility index (Phi) is 10.5. The number of hydrogen-bond donors (Lipinski definition) is 1. The lowest BCUT2D eigenvalue weighted by Crippen LogP contribution is -2.33. The van der Waals surface area contributed by atoms with Crippen molar-refractivity contribution in [1.29, 1.82) is 0 Å². The number of nitrogens with zero attached hydrogens (tertiary/aromatic N) is 1. The van der Waals surface area contributed by atoms with Crippen LogP contribution in [0.4, 0.5) is 0 Å². The number of carbonyl (C=O) groups excluding carboxylic acids is 1. The van der Waals surface area contributed by atoms with Crippen molar-refractivity contribution in [3.8, 4) is 0 Å². The van der Waals surface area contributed by atoms with Gasteiger partial charge in [0.25, 0.3) is 0 Å². The van der Waals surface area contributed by atoms with Crippen molar-refractivity contribution >= 4 is 5.97 Å². The van der Waals surface area contributed by atoms with Gasteiger partial charge in [0.2, 0.25) is 0 Å². The first-order valence-electron chi connectivity index (χ1n) is 6.33. The van der Waals surface area contributed by atoms with E-state index in [-0.39, 0.29) is 5.97 Å². The van der Waals surface area contributed by atoms with Crippen molar-refractivity contribution in [1.82, 2.24) is 10.2 Å². The lowest BCUT2D eigenvalue weighted by Gasteiger charge is -2.19. The minimum atomic E-state index is -0.115. The van der Waals surface area contributed by atoms with E-state index in [1.165, 1.54) is 6.42 Å². The average Bonchev–Trinajstić information content (AvgIpc) is 2.27. The summed E-state index contributed by atoms with van der Waals surface area (Å²) >= 11 is 0. The van der Waals surface area contributed by atoms with Crippen LogP contribution in [0.1, 0.15) is 33.6 Å². The fourth-order valence-electron chi connectivity index (χ4n) is 1.53. The van der Waals surface area contributed by atoms with Crippen molar-refractivity contribution in [3.05, 3.63) is 0 Å². The zero-order chi connectivity index (χ0) is 12.2. The number of likely N-dealkylation sites (N-methyl/N-ethyl adjacent to an activating group) is 1. The van der Waals surface area contributed by atoms with Crippen molar-refractivity contribution in [2.24, 2.45) is 0 Å². The van der Waals surface area contributed by atoms with Crippen molar-refractivity contribution in [3.63, 3.8) is 0 Å². The molecule has 4 nitrogen and oxygen atoms in total. The Morgan fingerprint density at radius 2 is 1.94 bits per heavy atom. The Labute approximate surface area is 99.3 Å². The quantitative estimate of drug-likeness (QED) is 0.453. The Bertz CT molecular complexity index is 174. The first kappa shape index (κ1) is 15.4. The number of rotatable bonds is 10. The van der Waals surface area contributed by atoms with Crippen LogP contribution in [0.2, 0.25) is 0 Å². The van der Waals surface area contributed by atoms with E-state index in [9.17, 15) is 4.79 Å². The summed E-state index contributed by atoms with van der Waals surface area (Å²) in [5, 5.41) is 3.26. The Morgan fingerprint density at radius 3 is 2.50 bits per heavy atom. The van der Waals surface area contributed by atoms with Gasteiger partial charge in [0.15, 0.2) is 0 Å². The summed E-state index contributed by atoms with van der Waals surface area (Å²) < 4.78 is 4.84. The smallest absolute Gasteiger partial charge is 0.307 e. The van der Waals surface area contributed by atoms with Crippen LogP contribution in [0.5, 0.6) is 0 Å². The van der Waals surface area contributed by atoms with E-state index in [1.54, 1.807) is 0 Å². The van der Waals surface area contributed by atoms with E-state index >= 15 is 0 Å². The third kappa shape index (κ3) is 8.68. The molecule has 0 saturated heterocycles. The SMILES string of the molecule is CCCN(CC)CCNCCC(=O)OCC. The van der Waals surface area contributed by atoms with Gasteiger partial charge in [-0.15, -0.1) is 0 Å². The predicted molar refractivity (Wildman–Crippen MR) is 66.5 cm³/mol. The van der Waals surface area contributed by atoms with Crippen LogP contribution >= 0.6 is 0 Å². The van der Waals surface area contributed by atoms with Gasteiger partial charge < -0.3 is 15.0 Å². The molecule has 0 rings (SSSR count). The summed E-state index contributed by atoms with van der Waals surface area (Å²) in [5.74, 6) is -0.115. The molecule has 0 aromatic heterocycles. The molecule has 0 aromatic carbocycles. The molecule has 0 amide bonds. The minimum Gasteiger partial charge on any atom is -0.466 e. The van der Waals surface area contributed by atoms with Gasteiger partial charge >= 0.3 is 5.97 Å². The standard InChI is InChI=1S/C12H26N2O2/c1-4-10-14(5-2)11-9-13-8-7-12(15)16-6-3/h13H,4-11H2,1-3H3. The number of carbonyl (C=O) groups is 1. The van der Waals surface area contributed by atoms with E-state index in [0.717, 1.165) is 26.2 Å². The molecule has 0 aliphatic heterocycles. The van der Waals surface area contributed by atoms with E-state index in [1.807, 2.05) is 6.92 Å². The summed E-state index contributed by atoms with van der Waals surface area (Å²) in [5.41, 5.74) is 0. The highest BCUT2D eigenvalue weighted by atomic mass is 16.5. The molecule has 4 heteroatoms. The first-order chi connectivity index (χ1) is 7.74. The van der Waals surface area contributed by atoms with Gasteiger partial charge in [-0.2, -0.15) is 0 Å². The van der Waals surface area contributed by atoms with Crippen LogP contribution in [-0.4, -0.2) is 50.2 Å². The monoisotopic (exact) mass is 230 g/mol. The fourth-order valence-corrected chi connectivity index (χ4v) is 1.53. The third-order valence-electron chi connectivity index (χ3n) is 2.40. The van der Waals surface area contributed by atoms with E-state index < -0.39 is 0 Å². The summed E-state index contributed by atoms with van der Waals surface area (Å²) in [7, 11) is 0. The van der Waals surface area contributed by atoms with Crippen LogP contribution in [0.3, 0.4) is 0 Å². The van der Waals surface area contributed by atoms with Crippen molar-refractivity contribution in [2.45, 2.75) is 33.6 Å². The average molecular weight is 230 g/mol. The molecule has 0 bridgehead atoms. The number of nitrogens with one attached hydrogen (secondary N) is 1. The zero-order valence-electron chi connectivity index (χ0n) is 10.9. The maximum Gasteiger partial charge on any atom is 0.307 e. The number of esters is 1. The third-order valence-corrected chi connectivity index (χ3v) is 2.40. The normalized spacial score (nSPS) is 10.8. The highest BCUT2D eigenvalue weighted by Crippen LogP contribution is 1.89. The molecule has 0 aliphatic rings. The van der Waals surface area contributed by atoms with Gasteiger partial charge in [0, 0.05) is 19.6 Å². The molecule has 0 heterocycles. The van der Waals surface area contributed by atoms with Gasteiger partial charge in [0.1, 0.15) is 0 Å². The Balaban J connectivity index is 3.34. The molecule has 0 aliphatic carbocycles. The number of ether oxygens (including phenoxy) is 1. The summed E-state index contributed by atoms with van der Waals surface area (Å²) in [4.78, 5) is 13.4. The summed E-state index contributed by atoms with van der Waals surface area (Å²) in [6.45, 7) is 11.6. The highest BCUT2D eigenvalue weighted by Gasteiger charge is 2.02. The maximum absolute atomic E-state index is 11.0. The Hall–Kier alpha value is -0.610. The molecule has 0 saturated carbocycles. The molecule has 0 atom stereocenters. The fraction of sp³-hybridized carbons (Fsp3) is 0.917.